The van der Waals surface area contributed by atoms with Crippen LogP contribution in [0.4, 0.5) is 0 Å². The predicted octanol–water partition coefficient (Wildman–Crippen LogP) is 2.29. The maximum absolute atomic E-state index is 12.2. The summed E-state index contributed by atoms with van der Waals surface area (Å²) in [5.74, 6) is 0. The van der Waals surface area contributed by atoms with E-state index in [0.717, 1.165) is 10.4 Å². The number of rotatable bonds is 6. The Bertz CT molecular complexity index is 650. The maximum atomic E-state index is 12.2. The van der Waals surface area contributed by atoms with Gasteiger partial charge in [-0.2, -0.15) is 0 Å². The molecule has 0 spiro atoms. The fraction of sp³-hybridized carbons (Fsp3) is 0.286. The highest BCUT2D eigenvalue weighted by atomic mass is 32.2. The monoisotopic (exact) mass is 310 g/mol. The van der Waals surface area contributed by atoms with Gasteiger partial charge in [-0.25, -0.2) is 13.1 Å². The highest BCUT2D eigenvalue weighted by Crippen LogP contribution is 2.16. The van der Waals surface area contributed by atoms with Crippen molar-refractivity contribution < 1.29 is 8.42 Å². The van der Waals surface area contributed by atoms with Crippen LogP contribution >= 0.6 is 11.3 Å². The molecule has 1 heterocycles. The zero-order valence-electron chi connectivity index (χ0n) is 11.2. The van der Waals surface area contributed by atoms with Crippen LogP contribution in [0.15, 0.2) is 46.7 Å². The molecule has 4 nitrogen and oxygen atoms in total. The van der Waals surface area contributed by atoms with Gasteiger partial charge in [0.1, 0.15) is 0 Å². The van der Waals surface area contributed by atoms with E-state index < -0.39 is 10.0 Å². The van der Waals surface area contributed by atoms with Gasteiger partial charge in [0.15, 0.2) is 0 Å². The summed E-state index contributed by atoms with van der Waals surface area (Å²) in [5.41, 5.74) is 6.59. The van der Waals surface area contributed by atoms with Crippen LogP contribution in [-0.2, 0) is 16.4 Å². The smallest absolute Gasteiger partial charge is 0.240 e. The van der Waals surface area contributed by atoms with Crippen molar-refractivity contribution in [3.05, 3.63) is 52.2 Å². The quantitative estimate of drug-likeness (QED) is 0.860. The van der Waals surface area contributed by atoms with Crippen LogP contribution in [0, 0.1) is 0 Å². The van der Waals surface area contributed by atoms with Gasteiger partial charge in [-0.05, 0) is 42.5 Å². The van der Waals surface area contributed by atoms with E-state index in [1.165, 1.54) is 0 Å². The lowest BCUT2D eigenvalue weighted by atomic mass is 10.1. The van der Waals surface area contributed by atoms with Gasteiger partial charge in [-0.3, -0.25) is 0 Å². The molecule has 1 aromatic heterocycles. The van der Waals surface area contributed by atoms with E-state index in [4.69, 9.17) is 5.73 Å². The lowest BCUT2D eigenvalue weighted by molar-refractivity contribution is 0.581. The first kappa shape index (κ1) is 15.2. The van der Waals surface area contributed by atoms with Crippen LogP contribution in [0.2, 0.25) is 0 Å². The van der Waals surface area contributed by atoms with Gasteiger partial charge in [0.05, 0.1) is 4.90 Å². The molecule has 1 unspecified atom stereocenters. The molecule has 0 saturated carbocycles. The highest BCUT2D eigenvalue weighted by Gasteiger charge is 2.14. The first-order valence-corrected chi connectivity index (χ1v) is 8.73. The van der Waals surface area contributed by atoms with E-state index in [2.05, 4.69) is 4.72 Å². The summed E-state index contributed by atoms with van der Waals surface area (Å²) in [4.78, 5) is 1.43. The Morgan fingerprint density at radius 3 is 2.75 bits per heavy atom. The lowest BCUT2D eigenvalue weighted by Gasteiger charge is -2.10. The van der Waals surface area contributed by atoms with Gasteiger partial charge in [0, 0.05) is 17.5 Å². The Hall–Kier alpha value is -1.21. The Kier molecular flexibility index (Phi) is 4.93. The van der Waals surface area contributed by atoms with Crippen molar-refractivity contribution in [2.75, 3.05) is 6.54 Å². The van der Waals surface area contributed by atoms with Crippen molar-refractivity contribution in [2.45, 2.75) is 24.3 Å². The second-order valence-electron chi connectivity index (χ2n) is 4.59. The van der Waals surface area contributed by atoms with Gasteiger partial charge in [-0.1, -0.05) is 18.2 Å². The third-order valence-electron chi connectivity index (χ3n) is 2.94. The second kappa shape index (κ2) is 6.49. The SMILES string of the molecule is CC(N)c1cccc(S(=O)(=O)NCCc2cccs2)c1. The summed E-state index contributed by atoms with van der Waals surface area (Å²) in [5, 5.41) is 1.98. The van der Waals surface area contributed by atoms with E-state index in [0.29, 0.717) is 13.0 Å². The minimum Gasteiger partial charge on any atom is -0.324 e. The fourth-order valence-corrected chi connectivity index (χ4v) is 3.61. The molecule has 20 heavy (non-hydrogen) atoms. The van der Waals surface area contributed by atoms with Crippen molar-refractivity contribution >= 4 is 21.4 Å². The average Bonchev–Trinajstić information content (AvgIpc) is 2.92. The fourth-order valence-electron chi connectivity index (χ4n) is 1.81. The zero-order chi connectivity index (χ0) is 14.6. The van der Waals surface area contributed by atoms with E-state index in [1.54, 1.807) is 29.5 Å². The van der Waals surface area contributed by atoms with Crippen molar-refractivity contribution in [3.8, 4) is 0 Å². The Morgan fingerprint density at radius 1 is 1.30 bits per heavy atom. The Balaban J connectivity index is 2.04. The number of hydrogen-bond acceptors (Lipinski definition) is 4. The van der Waals surface area contributed by atoms with E-state index in [-0.39, 0.29) is 10.9 Å². The molecule has 0 aliphatic carbocycles. The van der Waals surface area contributed by atoms with Crippen LogP contribution in [-0.4, -0.2) is 15.0 Å². The largest absolute Gasteiger partial charge is 0.324 e. The summed E-state index contributed by atoms with van der Waals surface area (Å²) < 4.78 is 27.0. The van der Waals surface area contributed by atoms with Crippen LogP contribution < -0.4 is 10.5 Å². The summed E-state index contributed by atoms with van der Waals surface area (Å²) in [7, 11) is -3.47. The topological polar surface area (TPSA) is 72.2 Å². The third-order valence-corrected chi connectivity index (χ3v) is 5.33. The van der Waals surface area contributed by atoms with Crippen LogP contribution in [0.1, 0.15) is 23.4 Å². The van der Waals surface area contributed by atoms with Crippen molar-refractivity contribution in [3.63, 3.8) is 0 Å². The molecule has 3 N–H and O–H groups in total. The standard InChI is InChI=1S/C14H18N2O2S2/c1-11(15)12-4-2-6-14(10-12)20(17,18)16-8-7-13-5-3-9-19-13/h2-6,9-11,16H,7-8,15H2,1H3. The number of benzene rings is 1. The maximum Gasteiger partial charge on any atom is 0.240 e. The summed E-state index contributed by atoms with van der Waals surface area (Å²) in [6.45, 7) is 2.22. The molecule has 0 radical (unpaired) electrons. The number of nitrogens with two attached hydrogens (primary N) is 1. The average molecular weight is 310 g/mol. The number of hydrogen-bond donors (Lipinski definition) is 2. The molecule has 2 aromatic rings. The summed E-state index contributed by atoms with van der Waals surface area (Å²) in [6, 6.07) is 10.5. The molecule has 2 rings (SSSR count). The molecule has 0 aliphatic heterocycles. The molecule has 108 valence electrons. The van der Waals surface area contributed by atoms with Gasteiger partial charge >= 0.3 is 0 Å². The van der Waals surface area contributed by atoms with Crippen molar-refractivity contribution in [1.29, 1.82) is 0 Å². The Morgan fingerprint density at radius 2 is 2.10 bits per heavy atom. The van der Waals surface area contributed by atoms with Crippen LogP contribution in [0.25, 0.3) is 0 Å². The lowest BCUT2D eigenvalue weighted by Crippen LogP contribution is -2.26. The van der Waals surface area contributed by atoms with E-state index >= 15 is 0 Å². The molecule has 0 bridgehead atoms. The second-order valence-corrected chi connectivity index (χ2v) is 7.39. The van der Waals surface area contributed by atoms with E-state index in [9.17, 15) is 8.42 Å². The Labute approximate surface area is 123 Å². The van der Waals surface area contributed by atoms with E-state index in [1.807, 2.05) is 30.5 Å². The van der Waals surface area contributed by atoms with Crippen LogP contribution in [0.3, 0.4) is 0 Å². The molecule has 0 amide bonds. The van der Waals surface area contributed by atoms with Gasteiger partial charge in [0.2, 0.25) is 10.0 Å². The van der Waals surface area contributed by atoms with Gasteiger partial charge < -0.3 is 5.73 Å². The molecule has 0 fully saturated rings. The summed E-state index contributed by atoms with van der Waals surface area (Å²) in [6.07, 6.45) is 0.698. The molecule has 0 aliphatic rings. The van der Waals surface area contributed by atoms with Gasteiger partial charge in [-0.15, -0.1) is 11.3 Å². The molecule has 1 aromatic carbocycles. The van der Waals surface area contributed by atoms with Crippen LogP contribution in [0.5, 0.6) is 0 Å². The van der Waals surface area contributed by atoms with Gasteiger partial charge in [0.25, 0.3) is 0 Å². The number of nitrogens with one attached hydrogen (secondary N) is 1. The summed E-state index contributed by atoms with van der Waals surface area (Å²) >= 11 is 1.62. The van der Waals surface area contributed by atoms with Crippen molar-refractivity contribution in [2.24, 2.45) is 5.73 Å². The first-order valence-electron chi connectivity index (χ1n) is 6.36. The first-order chi connectivity index (χ1) is 9.49. The highest BCUT2D eigenvalue weighted by molar-refractivity contribution is 7.89. The predicted molar refractivity (Wildman–Crippen MR) is 82.3 cm³/mol. The minimum atomic E-state index is -3.47. The van der Waals surface area contributed by atoms with Crippen molar-refractivity contribution in [1.82, 2.24) is 4.72 Å². The zero-order valence-corrected chi connectivity index (χ0v) is 12.9. The molecular weight excluding hydrogens is 292 g/mol. The molecule has 1 atom stereocenters. The molecule has 6 heteroatoms. The number of sulfonamides is 1. The molecular formula is C14H18N2O2S2. The normalized spacial score (nSPS) is 13.3. The number of thiophene rings is 1. The third kappa shape index (κ3) is 3.89. The minimum absolute atomic E-state index is 0.184. The molecule has 0 saturated heterocycles.